The highest BCUT2D eigenvalue weighted by Gasteiger charge is 2.53. The smallest absolute Gasteiger partial charge is 0.220 e. The Morgan fingerprint density at radius 2 is 0.702 bits per heavy atom. The van der Waals surface area contributed by atoms with Gasteiger partial charge in [-0.3, -0.25) is 4.79 Å². The largest absolute Gasteiger partial charge is 0.394 e. The number of rotatable bonds is 60. The normalized spacial score (nSPS) is 27.5. The van der Waals surface area contributed by atoms with Crippen LogP contribution in [0.3, 0.4) is 0 Å². The first-order valence-corrected chi connectivity index (χ1v) is 38.2. The van der Waals surface area contributed by atoms with Gasteiger partial charge in [0.2, 0.25) is 5.91 Å². The summed E-state index contributed by atoms with van der Waals surface area (Å²) in [6.07, 6.45) is 40.8. The quantitative estimate of drug-likeness (QED) is 0.0199. The van der Waals surface area contributed by atoms with E-state index in [2.05, 4.69) is 55.6 Å². The van der Waals surface area contributed by atoms with Gasteiger partial charge in [0, 0.05) is 6.42 Å². The third-order valence-electron chi connectivity index (χ3n) is 19.2. The molecule has 0 spiro atoms. The Kier molecular flexibility index (Phi) is 52.0. The van der Waals surface area contributed by atoms with Crippen LogP contribution in [0.1, 0.15) is 303 Å². The summed E-state index contributed by atoms with van der Waals surface area (Å²) in [6, 6.07) is -0.887. The maximum atomic E-state index is 13.5. The van der Waals surface area contributed by atoms with Gasteiger partial charge in [-0.05, 0) is 51.4 Å². The molecule has 0 aliphatic carbocycles. The number of nitrogens with one attached hydrogen (secondary N) is 1. The van der Waals surface area contributed by atoms with Crippen molar-refractivity contribution < 1.29 is 89.4 Å². The van der Waals surface area contributed by atoms with E-state index in [0.717, 1.165) is 57.8 Å². The molecule has 3 aliphatic heterocycles. The van der Waals surface area contributed by atoms with Gasteiger partial charge in [0.1, 0.15) is 73.2 Å². The molecule has 552 valence electrons. The van der Waals surface area contributed by atoms with Crippen molar-refractivity contribution >= 4 is 5.91 Å². The Morgan fingerprint density at radius 1 is 0.383 bits per heavy atom. The summed E-state index contributed by atoms with van der Waals surface area (Å²) >= 11 is 0. The van der Waals surface area contributed by atoms with Crippen LogP contribution in [0.5, 0.6) is 0 Å². The molecule has 0 bridgehead atoms. The lowest BCUT2D eigenvalue weighted by Crippen LogP contribution is -2.66. The molecule has 0 aromatic rings. The topological polar surface area (TPSA) is 307 Å². The van der Waals surface area contributed by atoms with E-state index in [-0.39, 0.29) is 18.9 Å². The van der Waals surface area contributed by atoms with Crippen molar-refractivity contribution in [1.82, 2.24) is 5.32 Å². The molecule has 0 aromatic heterocycles. The van der Waals surface area contributed by atoms with Crippen LogP contribution in [0.15, 0.2) is 36.5 Å². The molecule has 3 heterocycles. The zero-order valence-corrected chi connectivity index (χ0v) is 58.7. The molecule has 12 N–H and O–H groups in total. The first-order valence-electron chi connectivity index (χ1n) is 38.2. The number of ether oxygens (including phenoxy) is 6. The Balaban J connectivity index is 1.37. The lowest BCUT2D eigenvalue weighted by molar-refractivity contribution is -0.379. The van der Waals surface area contributed by atoms with Crippen LogP contribution >= 0.6 is 0 Å². The third kappa shape index (κ3) is 37.4. The van der Waals surface area contributed by atoms with E-state index in [4.69, 9.17) is 28.4 Å². The zero-order valence-electron chi connectivity index (χ0n) is 58.7. The first-order chi connectivity index (χ1) is 45.8. The molecule has 0 radical (unpaired) electrons. The molecule has 3 fully saturated rings. The molecule has 94 heavy (non-hydrogen) atoms. The fourth-order valence-corrected chi connectivity index (χ4v) is 13.0. The van der Waals surface area contributed by atoms with Crippen LogP contribution in [0, 0.1) is 0 Å². The van der Waals surface area contributed by atoms with Gasteiger partial charge in [-0.25, -0.2) is 0 Å². The number of unbranched alkanes of at least 4 members (excludes halogenated alkanes) is 38. The molecule has 0 aromatic carbocycles. The molecule has 17 unspecified atom stereocenters. The summed E-state index contributed by atoms with van der Waals surface area (Å²) in [5.41, 5.74) is 0. The summed E-state index contributed by atoms with van der Waals surface area (Å²) in [4.78, 5) is 13.5. The van der Waals surface area contributed by atoms with E-state index in [1.165, 1.54) is 212 Å². The predicted octanol–water partition coefficient (Wildman–Crippen LogP) is 11.6. The predicted molar refractivity (Wildman–Crippen MR) is 369 cm³/mol. The van der Waals surface area contributed by atoms with Crippen LogP contribution < -0.4 is 5.32 Å². The number of hydrogen-bond acceptors (Lipinski definition) is 18. The van der Waals surface area contributed by atoms with Gasteiger partial charge in [-0.2, -0.15) is 0 Å². The molecule has 17 atom stereocenters. The second-order valence-corrected chi connectivity index (χ2v) is 27.5. The SMILES string of the molecule is CCCCCCC/C=C\C/C=C\C/C=C\CCCCCCCCCCCCCCCCCCC(=O)NC(COC1OC(CO)C(OC2OC(CO)C(OC3OC(CO)C(O)C(O)C3O)C(O)C2O)C(O)C1O)C(O)CCCCCCCCCCCCCCCCCCCC. The Bertz CT molecular complexity index is 1840. The highest BCUT2D eigenvalue weighted by atomic mass is 16.8. The van der Waals surface area contributed by atoms with Crippen molar-refractivity contribution in [2.45, 2.75) is 407 Å². The minimum absolute atomic E-state index is 0.239. The summed E-state index contributed by atoms with van der Waals surface area (Å²) in [7, 11) is 0. The number of aliphatic hydroxyl groups excluding tert-OH is 11. The summed E-state index contributed by atoms with van der Waals surface area (Å²) < 4.78 is 34.5. The van der Waals surface area contributed by atoms with E-state index in [9.17, 15) is 61.0 Å². The lowest BCUT2D eigenvalue weighted by atomic mass is 9.96. The van der Waals surface area contributed by atoms with E-state index >= 15 is 0 Å². The van der Waals surface area contributed by atoms with Crippen molar-refractivity contribution in [3.63, 3.8) is 0 Å². The maximum absolute atomic E-state index is 13.5. The van der Waals surface area contributed by atoms with Gasteiger partial charge in [0.05, 0.1) is 38.6 Å². The van der Waals surface area contributed by atoms with Gasteiger partial charge >= 0.3 is 0 Å². The monoisotopic (exact) mass is 1340 g/mol. The molecule has 3 rings (SSSR count). The van der Waals surface area contributed by atoms with Crippen LogP contribution in [0.4, 0.5) is 0 Å². The number of aliphatic hydroxyl groups is 11. The Hall–Kier alpha value is -1.99. The van der Waals surface area contributed by atoms with Crippen LogP contribution in [-0.4, -0.2) is 193 Å². The van der Waals surface area contributed by atoms with Crippen molar-refractivity contribution in [2.75, 3.05) is 26.4 Å². The van der Waals surface area contributed by atoms with Crippen LogP contribution in [0.2, 0.25) is 0 Å². The van der Waals surface area contributed by atoms with Gasteiger partial charge in [-0.15, -0.1) is 0 Å². The van der Waals surface area contributed by atoms with Crippen molar-refractivity contribution in [1.29, 1.82) is 0 Å². The Morgan fingerprint density at radius 3 is 1.10 bits per heavy atom. The van der Waals surface area contributed by atoms with Crippen molar-refractivity contribution in [2.24, 2.45) is 0 Å². The average Bonchev–Trinajstić information content (AvgIpc) is 0.787. The van der Waals surface area contributed by atoms with Gasteiger partial charge < -0.3 is 89.9 Å². The Labute approximate surface area is 568 Å². The maximum Gasteiger partial charge on any atom is 0.220 e. The number of carbonyl (C=O) groups is 1. The third-order valence-corrected chi connectivity index (χ3v) is 19.2. The number of hydrogen-bond donors (Lipinski definition) is 12. The summed E-state index contributed by atoms with van der Waals surface area (Å²) in [6.45, 7) is 1.82. The number of allylic oxidation sites excluding steroid dienone is 6. The molecule has 19 heteroatoms. The number of carbonyl (C=O) groups excluding carboxylic acids is 1. The van der Waals surface area contributed by atoms with Gasteiger partial charge in [0.15, 0.2) is 18.9 Å². The van der Waals surface area contributed by atoms with Crippen LogP contribution in [0.25, 0.3) is 0 Å². The van der Waals surface area contributed by atoms with Gasteiger partial charge in [-0.1, -0.05) is 281 Å². The summed E-state index contributed by atoms with van der Waals surface area (Å²) in [5, 5.41) is 121. The standard InChI is InChI=1S/C75H139NO18/c1-3-5-7-9-11-13-15-17-19-21-23-24-25-26-27-28-29-30-31-32-33-34-35-37-39-41-43-45-47-49-51-53-63(81)76-58(59(80)52-50-48-46-44-42-40-38-36-22-20-18-16-14-12-10-8-6-4-2)57-89-73-69(87)66(84)71(61(55-78)91-73)94-75-70(88)67(85)72(62(56-79)92-75)93-74-68(86)65(83)64(82)60(54-77)90-74/h15,17,21,23,25-26,58-62,64-75,77-80,82-88H,3-14,16,18-20,22,24,27-57H2,1-2H3,(H,76,81)/b17-15-,23-21-,26-25-. The molecular formula is C75H139NO18. The van der Waals surface area contributed by atoms with Crippen LogP contribution in [-0.2, 0) is 33.2 Å². The summed E-state index contributed by atoms with van der Waals surface area (Å²) in [5.74, 6) is -0.239. The fraction of sp³-hybridized carbons (Fsp3) is 0.907. The number of amides is 1. The molecule has 0 saturated carbocycles. The lowest BCUT2D eigenvalue weighted by Gasteiger charge is -2.48. The average molecular weight is 1340 g/mol. The van der Waals surface area contributed by atoms with Crippen molar-refractivity contribution in [3.05, 3.63) is 36.5 Å². The van der Waals surface area contributed by atoms with E-state index in [1.807, 2.05) is 0 Å². The van der Waals surface area contributed by atoms with E-state index in [0.29, 0.717) is 12.8 Å². The molecule has 1 amide bonds. The molecular weight excluding hydrogens is 1200 g/mol. The first kappa shape index (κ1) is 86.2. The molecule has 19 nitrogen and oxygen atoms in total. The van der Waals surface area contributed by atoms with Crippen molar-refractivity contribution in [3.8, 4) is 0 Å². The fourth-order valence-electron chi connectivity index (χ4n) is 13.0. The van der Waals surface area contributed by atoms with Gasteiger partial charge in [0.25, 0.3) is 0 Å². The van der Waals surface area contributed by atoms with E-state index in [1.54, 1.807) is 0 Å². The molecule has 3 aliphatic rings. The second kappa shape index (κ2) is 56.7. The molecule has 3 saturated heterocycles. The highest BCUT2D eigenvalue weighted by Crippen LogP contribution is 2.33. The second-order valence-electron chi connectivity index (χ2n) is 27.5. The zero-order chi connectivity index (χ0) is 68.2. The minimum Gasteiger partial charge on any atom is -0.394 e. The van der Waals surface area contributed by atoms with E-state index < -0.39 is 124 Å². The highest BCUT2D eigenvalue weighted by molar-refractivity contribution is 5.76. The minimum atomic E-state index is -1.97.